The lowest BCUT2D eigenvalue weighted by molar-refractivity contribution is 0.296. The molecule has 0 aromatic carbocycles. The van der Waals surface area contributed by atoms with Gasteiger partial charge >= 0.3 is 0 Å². The highest BCUT2D eigenvalue weighted by Gasteiger charge is 2.08. The van der Waals surface area contributed by atoms with Crippen molar-refractivity contribution in [3.05, 3.63) is 6.20 Å². The Morgan fingerprint density at radius 3 is 2.69 bits per heavy atom. The summed E-state index contributed by atoms with van der Waals surface area (Å²) < 4.78 is 0. The van der Waals surface area contributed by atoms with Crippen LogP contribution in [0.3, 0.4) is 0 Å². The SMILES string of the molecule is Nc1cnc(NCCN2CCCCCC2)s1. The molecule has 5 heteroatoms. The lowest BCUT2D eigenvalue weighted by Gasteiger charge is -2.19. The van der Waals surface area contributed by atoms with Crippen molar-refractivity contribution in [3.8, 4) is 0 Å². The Bertz CT molecular complexity index is 305. The molecule has 0 radical (unpaired) electrons. The van der Waals surface area contributed by atoms with Crippen molar-refractivity contribution in [2.24, 2.45) is 0 Å². The summed E-state index contributed by atoms with van der Waals surface area (Å²) in [6.07, 6.45) is 7.20. The zero-order chi connectivity index (χ0) is 11.2. The fourth-order valence-electron chi connectivity index (χ4n) is 2.05. The van der Waals surface area contributed by atoms with Gasteiger partial charge in [-0.1, -0.05) is 24.2 Å². The van der Waals surface area contributed by atoms with Crippen molar-refractivity contribution in [1.29, 1.82) is 0 Å². The fourth-order valence-corrected chi connectivity index (χ4v) is 2.66. The number of nitrogens with two attached hydrogens (primary N) is 1. The monoisotopic (exact) mass is 240 g/mol. The zero-order valence-corrected chi connectivity index (χ0v) is 10.4. The third-order valence-electron chi connectivity index (χ3n) is 2.93. The summed E-state index contributed by atoms with van der Waals surface area (Å²) in [4.78, 5) is 6.72. The van der Waals surface area contributed by atoms with Crippen molar-refractivity contribution in [2.45, 2.75) is 25.7 Å². The first-order valence-corrected chi connectivity index (χ1v) is 6.84. The van der Waals surface area contributed by atoms with E-state index >= 15 is 0 Å². The smallest absolute Gasteiger partial charge is 0.184 e. The van der Waals surface area contributed by atoms with Crippen LogP contribution in [-0.4, -0.2) is 36.1 Å². The van der Waals surface area contributed by atoms with Gasteiger partial charge in [-0.3, -0.25) is 0 Å². The van der Waals surface area contributed by atoms with E-state index in [1.54, 1.807) is 6.20 Å². The number of rotatable bonds is 4. The molecule has 0 unspecified atom stereocenters. The average molecular weight is 240 g/mol. The van der Waals surface area contributed by atoms with E-state index in [2.05, 4.69) is 15.2 Å². The second-order valence-electron chi connectivity index (χ2n) is 4.25. The van der Waals surface area contributed by atoms with Crippen LogP contribution < -0.4 is 11.1 Å². The highest BCUT2D eigenvalue weighted by Crippen LogP contribution is 2.19. The van der Waals surface area contributed by atoms with Gasteiger partial charge < -0.3 is 16.0 Å². The summed E-state index contributed by atoms with van der Waals surface area (Å²) in [6, 6.07) is 0. The van der Waals surface area contributed by atoms with Crippen molar-refractivity contribution in [2.75, 3.05) is 37.2 Å². The standard InChI is InChI=1S/C11H20N4S/c12-10-9-14-11(16-10)13-5-8-15-6-3-1-2-4-7-15/h9H,1-8,12H2,(H,13,14). The number of thiazole rings is 1. The first-order chi connectivity index (χ1) is 7.84. The summed E-state index contributed by atoms with van der Waals surface area (Å²) in [5.41, 5.74) is 5.62. The van der Waals surface area contributed by atoms with Gasteiger partial charge in [-0.2, -0.15) is 0 Å². The molecule has 1 aromatic rings. The molecule has 1 saturated heterocycles. The number of nitrogens with zero attached hydrogens (tertiary/aromatic N) is 2. The summed E-state index contributed by atoms with van der Waals surface area (Å²) in [6.45, 7) is 4.58. The maximum absolute atomic E-state index is 5.62. The molecule has 1 aliphatic rings. The van der Waals surface area contributed by atoms with E-state index in [1.807, 2.05) is 0 Å². The van der Waals surface area contributed by atoms with E-state index < -0.39 is 0 Å². The van der Waals surface area contributed by atoms with Crippen LogP contribution in [-0.2, 0) is 0 Å². The van der Waals surface area contributed by atoms with Gasteiger partial charge in [0, 0.05) is 13.1 Å². The van der Waals surface area contributed by atoms with Crippen molar-refractivity contribution < 1.29 is 0 Å². The van der Waals surface area contributed by atoms with Gasteiger partial charge in [0.2, 0.25) is 0 Å². The van der Waals surface area contributed by atoms with Crippen LogP contribution in [0.2, 0.25) is 0 Å². The van der Waals surface area contributed by atoms with Gasteiger partial charge in [-0.15, -0.1) is 0 Å². The molecule has 16 heavy (non-hydrogen) atoms. The summed E-state index contributed by atoms with van der Waals surface area (Å²) >= 11 is 1.52. The van der Waals surface area contributed by atoms with Gasteiger partial charge in [0.25, 0.3) is 0 Å². The number of hydrogen-bond donors (Lipinski definition) is 2. The maximum Gasteiger partial charge on any atom is 0.184 e. The number of anilines is 2. The second kappa shape index (κ2) is 6.06. The predicted octanol–water partition coefficient (Wildman–Crippen LogP) is 2.01. The van der Waals surface area contributed by atoms with E-state index in [1.165, 1.54) is 50.1 Å². The quantitative estimate of drug-likeness (QED) is 0.845. The molecule has 0 saturated carbocycles. The van der Waals surface area contributed by atoms with Crippen LogP contribution >= 0.6 is 11.3 Å². The van der Waals surface area contributed by atoms with Gasteiger partial charge in [-0.05, 0) is 25.9 Å². The molecule has 0 amide bonds. The summed E-state index contributed by atoms with van der Waals surface area (Å²) in [5.74, 6) is 0. The highest BCUT2D eigenvalue weighted by atomic mass is 32.1. The molecule has 1 aromatic heterocycles. The van der Waals surface area contributed by atoms with Crippen molar-refractivity contribution in [3.63, 3.8) is 0 Å². The zero-order valence-electron chi connectivity index (χ0n) is 9.61. The molecule has 0 spiro atoms. The van der Waals surface area contributed by atoms with Crippen molar-refractivity contribution >= 4 is 21.5 Å². The Morgan fingerprint density at radius 1 is 1.31 bits per heavy atom. The average Bonchev–Trinajstić information content (AvgIpc) is 2.54. The number of nitrogens with one attached hydrogen (secondary N) is 1. The first kappa shape index (κ1) is 11.7. The van der Waals surface area contributed by atoms with Gasteiger partial charge in [0.1, 0.15) is 5.00 Å². The van der Waals surface area contributed by atoms with Gasteiger partial charge in [0.05, 0.1) is 6.20 Å². The molecule has 1 fully saturated rings. The van der Waals surface area contributed by atoms with Crippen molar-refractivity contribution in [1.82, 2.24) is 9.88 Å². The topological polar surface area (TPSA) is 54.2 Å². The minimum atomic E-state index is 0.775. The van der Waals surface area contributed by atoms with E-state index in [-0.39, 0.29) is 0 Å². The number of likely N-dealkylation sites (tertiary alicyclic amines) is 1. The minimum Gasteiger partial charge on any atom is -0.389 e. The summed E-state index contributed by atoms with van der Waals surface area (Å²) in [7, 11) is 0. The third-order valence-corrected chi connectivity index (χ3v) is 3.71. The lowest BCUT2D eigenvalue weighted by Crippen LogP contribution is -2.29. The van der Waals surface area contributed by atoms with E-state index in [0.29, 0.717) is 0 Å². The minimum absolute atomic E-state index is 0.775. The molecule has 0 bridgehead atoms. The van der Waals surface area contributed by atoms with Crippen LogP contribution in [0.25, 0.3) is 0 Å². The Kier molecular flexibility index (Phi) is 4.42. The maximum atomic E-state index is 5.62. The molecule has 4 nitrogen and oxygen atoms in total. The normalized spacial score (nSPS) is 18.2. The number of hydrogen-bond acceptors (Lipinski definition) is 5. The van der Waals surface area contributed by atoms with Gasteiger partial charge in [-0.25, -0.2) is 4.98 Å². The molecule has 2 rings (SSSR count). The van der Waals surface area contributed by atoms with Crippen LogP contribution in [0.5, 0.6) is 0 Å². The molecule has 0 aliphatic carbocycles. The van der Waals surface area contributed by atoms with Crippen LogP contribution in [0.4, 0.5) is 10.1 Å². The van der Waals surface area contributed by atoms with Gasteiger partial charge in [0.15, 0.2) is 5.13 Å². The number of nitrogen functional groups attached to an aromatic ring is 1. The Balaban J connectivity index is 1.67. The third kappa shape index (κ3) is 3.64. The molecule has 3 N–H and O–H groups in total. The lowest BCUT2D eigenvalue weighted by atomic mass is 10.2. The fraction of sp³-hybridized carbons (Fsp3) is 0.727. The first-order valence-electron chi connectivity index (χ1n) is 6.02. The molecule has 2 heterocycles. The predicted molar refractivity (Wildman–Crippen MR) is 69.9 cm³/mol. The Labute approximate surface area is 101 Å². The second-order valence-corrected chi connectivity index (χ2v) is 5.31. The van der Waals surface area contributed by atoms with E-state index in [4.69, 9.17) is 5.73 Å². The molecule has 1 aliphatic heterocycles. The largest absolute Gasteiger partial charge is 0.389 e. The van der Waals surface area contributed by atoms with E-state index in [9.17, 15) is 0 Å². The molecular weight excluding hydrogens is 220 g/mol. The molecular formula is C11H20N4S. The van der Waals surface area contributed by atoms with Crippen LogP contribution in [0.15, 0.2) is 6.20 Å². The summed E-state index contributed by atoms with van der Waals surface area (Å²) in [5, 5.41) is 5.03. The Morgan fingerprint density at radius 2 is 2.06 bits per heavy atom. The van der Waals surface area contributed by atoms with Crippen LogP contribution in [0.1, 0.15) is 25.7 Å². The van der Waals surface area contributed by atoms with Crippen LogP contribution in [0, 0.1) is 0 Å². The Hall–Kier alpha value is -0.810. The highest BCUT2D eigenvalue weighted by molar-refractivity contribution is 7.19. The number of aromatic nitrogens is 1. The molecule has 90 valence electrons. The molecule has 0 atom stereocenters. The van der Waals surface area contributed by atoms with E-state index in [0.717, 1.165) is 23.2 Å².